The van der Waals surface area contributed by atoms with Gasteiger partial charge in [0.2, 0.25) is 0 Å². The molecule has 0 saturated heterocycles. The van der Waals surface area contributed by atoms with Gasteiger partial charge in [-0.15, -0.1) is 0 Å². The van der Waals surface area contributed by atoms with Crippen molar-refractivity contribution in [2.45, 2.75) is 51.4 Å². The Morgan fingerprint density at radius 1 is 1.25 bits per heavy atom. The molecular formula is C19H26O5. The summed E-state index contributed by atoms with van der Waals surface area (Å²) in [5.74, 6) is 0.287. The van der Waals surface area contributed by atoms with Gasteiger partial charge in [-0.1, -0.05) is 19.9 Å². The van der Waals surface area contributed by atoms with Gasteiger partial charge in [-0.05, 0) is 48.7 Å². The lowest BCUT2D eigenvalue weighted by Crippen LogP contribution is -2.62. The summed E-state index contributed by atoms with van der Waals surface area (Å²) in [4.78, 5) is 13.6. The van der Waals surface area contributed by atoms with E-state index in [0.717, 1.165) is 6.42 Å². The first-order valence-corrected chi connectivity index (χ1v) is 8.71. The highest BCUT2D eigenvalue weighted by Gasteiger charge is 2.74. The Morgan fingerprint density at radius 3 is 2.54 bits per heavy atom. The molecule has 1 spiro atoms. The van der Waals surface area contributed by atoms with Crippen LogP contribution in [0.4, 0.5) is 0 Å². The molecule has 132 valence electrons. The van der Waals surface area contributed by atoms with Crippen LogP contribution < -0.4 is 0 Å². The normalized spacial score (nSPS) is 51.6. The number of ether oxygens (including phenoxy) is 1. The number of hydrogen-bond donors (Lipinski definition) is 3. The third kappa shape index (κ3) is 1.54. The highest BCUT2D eigenvalue weighted by Crippen LogP contribution is 2.70. The smallest absolute Gasteiger partial charge is 0.153 e. The molecule has 7 atom stereocenters. The maximum Gasteiger partial charge on any atom is 0.153 e. The molecule has 0 heterocycles. The van der Waals surface area contributed by atoms with Gasteiger partial charge in [-0.3, -0.25) is 4.79 Å². The van der Waals surface area contributed by atoms with Gasteiger partial charge in [0.1, 0.15) is 23.6 Å². The quantitative estimate of drug-likeness (QED) is 0.627. The summed E-state index contributed by atoms with van der Waals surface area (Å²) in [6.07, 6.45) is 1.94. The van der Waals surface area contributed by atoms with Crippen LogP contribution in [-0.2, 0) is 9.53 Å². The van der Waals surface area contributed by atoms with Crippen LogP contribution in [0.25, 0.3) is 0 Å². The van der Waals surface area contributed by atoms with Crippen molar-refractivity contribution in [3.05, 3.63) is 23.5 Å². The lowest BCUT2D eigenvalue weighted by Gasteiger charge is -2.44. The van der Waals surface area contributed by atoms with Gasteiger partial charge in [0, 0.05) is 5.92 Å². The standard InChI is InChI=1S/C19H26O5/c1-9-8-18-6-5-11-13(17(11,2)3)10(15(18)21)7-12(24-4)16(22)19(18,23)14(9)20/h7-8,10-11,13-14,16,20,22-23H,5-6H2,1-4H3/t10-,11-,13+,14+,16-,18-,19-/m1/s1. The van der Waals surface area contributed by atoms with Gasteiger partial charge in [0.05, 0.1) is 12.5 Å². The zero-order chi connectivity index (χ0) is 17.7. The van der Waals surface area contributed by atoms with E-state index in [2.05, 4.69) is 13.8 Å². The maximum absolute atomic E-state index is 13.6. The third-order valence-electron chi connectivity index (χ3n) is 7.42. The first kappa shape index (κ1) is 16.3. The van der Waals surface area contributed by atoms with E-state index in [9.17, 15) is 20.1 Å². The van der Waals surface area contributed by atoms with Crippen molar-refractivity contribution in [2.75, 3.05) is 7.11 Å². The molecule has 5 heteroatoms. The van der Waals surface area contributed by atoms with Crippen molar-refractivity contribution in [1.82, 2.24) is 0 Å². The van der Waals surface area contributed by atoms with Crippen LogP contribution in [-0.4, -0.2) is 46.0 Å². The largest absolute Gasteiger partial charge is 0.499 e. The molecule has 0 radical (unpaired) electrons. The van der Waals surface area contributed by atoms with Crippen LogP contribution in [0.1, 0.15) is 33.6 Å². The van der Waals surface area contributed by atoms with Crippen LogP contribution in [0, 0.1) is 28.6 Å². The van der Waals surface area contributed by atoms with Crippen molar-refractivity contribution in [1.29, 1.82) is 0 Å². The average molecular weight is 334 g/mol. The zero-order valence-electron chi connectivity index (χ0n) is 14.6. The molecule has 2 bridgehead atoms. The maximum atomic E-state index is 13.6. The number of aliphatic hydroxyl groups excluding tert-OH is 2. The number of methoxy groups -OCH3 is 1. The predicted molar refractivity (Wildman–Crippen MR) is 86.7 cm³/mol. The first-order chi connectivity index (χ1) is 11.1. The molecule has 5 nitrogen and oxygen atoms in total. The number of hydrogen-bond acceptors (Lipinski definition) is 5. The molecule has 2 fully saturated rings. The van der Waals surface area contributed by atoms with Gasteiger partial charge >= 0.3 is 0 Å². The van der Waals surface area contributed by atoms with Crippen LogP contribution in [0.5, 0.6) is 0 Å². The molecule has 4 aliphatic carbocycles. The van der Waals surface area contributed by atoms with E-state index in [4.69, 9.17) is 4.74 Å². The van der Waals surface area contributed by atoms with E-state index in [1.165, 1.54) is 7.11 Å². The van der Waals surface area contributed by atoms with E-state index >= 15 is 0 Å². The summed E-state index contributed by atoms with van der Waals surface area (Å²) < 4.78 is 5.33. The molecule has 0 aromatic rings. The molecule has 4 rings (SSSR count). The lowest BCUT2D eigenvalue weighted by atomic mass is 9.64. The van der Waals surface area contributed by atoms with Crippen LogP contribution in [0.3, 0.4) is 0 Å². The second-order valence-electron chi connectivity index (χ2n) is 8.65. The Bertz CT molecular complexity index is 677. The summed E-state index contributed by atoms with van der Waals surface area (Å²) in [5, 5.41) is 32.9. The van der Waals surface area contributed by atoms with E-state index in [-0.39, 0.29) is 22.9 Å². The molecule has 4 aliphatic rings. The van der Waals surface area contributed by atoms with E-state index in [0.29, 0.717) is 17.9 Å². The number of carbonyl (C=O) groups is 1. The monoisotopic (exact) mass is 334 g/mol. The van der Waals surface area contributed by atoms with Crippen LogP contribution in [0.15, 0.2) is 23.5 Å². The Morgan fingerprint density at radius 2 is 1.92 bits per heavy atom. The molecule has 0 aromatic carbocycles. The number of fused-ring (bicyclic) bond motifs is 3. The fourth-order valence-electron chi connectivity index (χ4n) is 5.97. The summed E-state index contributed by atoms with van der Waals surface area (Å²) >= 11 is 0. The molecule has 0 amide bonds. The van der Waals surface area contributed by atoms with Crippen molar-refractivity contribution >= 4 is 5.78 Å². The number of aliphatic hydroxyl groups is 3. The molecule has 2 saturated carbocycles. The average Bonchev–Trinajstić information content (AvgIpc) is 3.07. The number of allylic oxidation sites excluding steroid dienone is 1. The van der Waals surface area contributed by atoms with E-state index in [1.807, 2.05) is 0 Å². The molecule has 0 aromatic heterocycles. The predicted octanol–water partition coefficient (Wildman–Crippen LogP) is 1.18. The number of carbonyl (C=O) groups excluding carboxylic acids is 1. The Hall–Kier alpha value is -1.17. The number of rotatable bonds is 1. The van der Waals surface area contributed by atoms with Gasteiger partial charge in [0.25, 0.3) is 0 Å². The minimum Gasteiger partial charge on any atom is -0.499 e. The summed E-state index contributed by atoms with van der Waals surface area (Å²) in [7, 11) is 1.43. The fraction of sp³-hybridized carbons (Fsp3) is 0.737. The van der Waals surface area contributed by atoms with Gasteiger partial charge in [-0.25, -0.2) is 0 Å². The number of ketones is 1. The fourth-order valence-corrected chi connectivity index (χ4v) is 5.97. The zero-order valence-corrected chi connectivity index (χ0v) is 14.6. The van der Waals surface area contributed by atoms with Crippen LogP contribution >= 0.6 is 0 Å². The second kappa shape index (κ2) is 4.51. The molecule has 0 aliphatic heterocycles. The van der Waals surface area contributed by atoms with Gasteiger partial charge < -0.3 is 20.1 Å². The molecular weight excluding hydrogens is 308 g/mol. The minimum atomic E-state index is -1.97. The molecule has 24 heavy (non-hydrogen) atoms. The Kier molecular flexibility index (Phi) is 3.06. The highest BCUT2D eigenvalue weighted by atomic mass is 16.5. The minimum absolute atomic E-state index is 0.0701. The number of Topliss-reactive ketones (excluding diaryl/α,β-unsaturated/α-hetero) is 1. The Balaban J connectivity index is 1.95. The van der Waals surface area contributed by atoms with Crippen LogP contribution in [0.2, 0.25) is 0 Å². The summed E-state index contributed by atoms with van der Waals surface area (Å²) in [6.45, 7) is 6.05. The highest BCUT2D eigenvalue weighted by molar-refractivity contribution is 5.94. The van der Waals surface area contributed by atoms with Crippen molar-refractivity contribution in [3.8, 4) is 0 Å². The topological polar surface area (TPSA) is 87.0 Å². The molecule has 0 unspecified atom stereocenters. The van der Waals surface area contributed by atoms with E-state index < -0.39 is 29.1 Å². The third-order valence-corrected chi connectivity index (χ3v) is 7.42. The van der Waals surface area contributed by atoms with Gasteiger partial charge in [0.15, 0.2) is 5.78 Å². The van der Waals surface area contributed by atoms with Crippen molar-refractivity contribution < 1.29 is 24.9 Å². The summed E-state index contributed by atoms with van der Waals surface area (Å²) in [5.41, 5.74) is -2.61. The summed E-state index contributed by atoms with van der Waals surface area (Å²) in [6, 6.07) is 0. The first-order valence-electron chi connectivity index (χ1n) is 8.71. The van der Waals surface area contributed by atoms with E-state index in [1.54, 1.807) is 19.1 Å². The van der Waals surface area contributed by atoms with Crippen molar-refractivity contribution in [2.24, 2.45) is 28.6 Å². The van der Waals surface area contributed by atoms with Gasteiger partial charge in [-0.2, -0.15) is 0 Å². The molecule has 3 N–H and O–H groups in total. The Labute approximate surface area is 142 Å². The van der Waals surface area contributed by atoms with Crippen molar-refractivity contribution in [3.63, 3.8) is 0 Å². The lowest BCUT2D eigenvalue weighted by molar-refractivity contribution is -0.185. The second-order valence-corrected chi connectivity index (χ2v) is 8.65. The SMILES string of the molecule is COC1=C[C@H]2C(=O)[C@]3(C=C(C)[C@H](O)[C@@]3(O)[C@@H]1O)CC[C@@H]1[C@H]2C1(C)C.